The van der Waals surface area contributed by atoms with Crippen LogP contribution in [0.25, 0.3) is 0 Å². The normalized spacial score (nSPS) is 17.8. The number of piperidine rings is 1. The third-order valence-electron chi connectivity index (χ3n) is 3.34. The zero-order chi connectivity index (χ0) is 13.0. The fraction of sp³-hybridized carbons (Fsp3) is 0.692. The van der Waals surface area contributed by atoms with Gasteiger partial charge in [0.05, 0.1) is 12.5 Å². The Bertz CT molecular complexity index is 408. The predicted molar refractivity (Wildman–Crippen MR) is 88.1 cm³/mol. The fourth-order valence-corrected chi connectivity index (χ4v) is 3.16. The van der Waals surface area contributed by atoms with Crippen molar-refractivity contribution in [3.05, 3.63) is 16.1 Å². The van der Waals surface area contributed by atoms with Crippen molar-refractivity contribution in [1.29, 1.82) is 0 Å². The van der Waals surface area contributed by atoms with E-state index in [-0.39, 0.29) is 36.6 Å². The van der Waals surface area contributed by atoms with Crippen LogP contribution in [0.4, 0.5) is 0 Å². The van der Waals surface area contributed by atoms with Crippen molar-refractivity contribution in [1.82, 2.24) is 15.2 Å². The van der Waals surface area contributed by atoms with Gasteiger partial charge in [0.15, 0.2) is 0 Å². The van der Waals surface area contributed by atoms with E-state index in [1.807, 2.05) is 18.1 Å². The Hall–Kier alpha value is -0.360. The first-order valence-corrected chi connectivity index (χ1v) is 7.41. The van der Waals surface area contributed by atoms with E-state index in [2.05, 4.69) is 17.2 Å². The van der Waals surface area contributed by atoms with Crippen LogP contribution in [0.1, 0.15) is 29.7 Å². The molecular weight excluding hydrogens is 317 g/mol. The minimum absolute atomic E-state index is 0. The molecule has 7 heteroatoms. The number of hydrogen-bond donors (Lipinski definition) is 1. The van der Waals surface area contributed by atoms with Gasteiger partial charge >= 0.3 is 0 Å². The summed E-state index contributed by atoms with van der Waals surface area (Å²) < 4.78 is 0. The molecule has 1 aliphatic rings. The van der Waals surface area contributed by atoms with Gasteiger partial charge in [-0.25, -0.2) is 4.98 Å². The molecule has 1 amide bonds. The van der Waals surface area contributed by atoms with Crippen molar-refractivity contribution in [2.45, 2.75) is 32.7 Å². The lowest BCUT2D eigenvalue weighted by Crippen LogP contribution is -2.41. The lowest BCUT2D eigenvalue weighted by Gasteiger charge is -2.26. The minimum atomic E-state index is 0. The molecule has 1 atom stereocenters. The first kappa shape index (κ1) is 19.6. The van der Waals surface area contributed by atoms with Crippen LogP contribution in [0, 0.1) is 5.92 Å². The number of nitrogens with zero attached hydrogens (tertiary/aromatic N) is 2. The Morgan fingerprint density at radius 2 is 2.30 bits per heavy atom. The molecule has 0 radical (unpaired) electrons. The summed E-state index contributed by atoms with van der Waals surface area (Å²) in [5.41, 5.74) is 0. The molecule has 1 aromatic rings. The molecule has 20 heavy (non-hydrogen) atoms. The van der Waals surface area contributed by atoms with Crippen molar-refractivity contribution in [2.24, 2.45) is 5.92 Å². The molecule has 4 nitrogen and oxygen atoms in total. The topological polar surface area (TPSA) is 45.2 Å². The molecular formula is C13H23Cl2N3OS. The molecule has 116 valence electrons. The molecule has 0 saturated carbocycles. The zero-order valence-electron chi connectivity index (χ0n) is 11.9. The van der Waals surface area contributed by atoms with Gasteiger partial charge in [-0.05, 0) is 25.8 Å². The van der Waals surface area contributed by atoms with E-state index in [1.54, 1.807) is 11.3 Å². The van der Waals surface area contributed by atoms with Crippen molar-refractivity contribution < 1.29 is 4.79 Å². The highest BCUT2D eigenvalue weighted by Gasteiger charge is 2.24. The Kier molecular flexibility index (Phi) is 9.38. The van der Waals surface area contributed by atoms with E-state index in [4.69, 9.17) is 0 Å². The number of rotatable bonds is 4. The van der Waals surface area contributed by atoms with Crippen molar-refractivity contribution in [2.75, 3.05) is 20.1 Å². The molecule has 0 aliphatic carbocycles. The van der Waals surface area contributed by atoms with Crippen LogP contribution in [-0.4, -0.2) is 35.9 Å². The van der Waals surface area contributed by atoms with Gasteiger partial charge in [-0.2, -0.15) is 0 Å². The van der Waals surface area contributed by atoms with Crippen LogP contribution in [0.3, 0.4) is 0 Å². The van der Waals surface area contributed by atoms with Crippen molar-refractivity contribution in [3.8, 4) is 0 Å². The Labute approximate surface area is 137 Å². The van der Waals surface area contributed by atoms with Gasteiger partial charge in [-0.1, -0.05) is 6.92 Å². The highest BCUT2D eigenvalue weighted by molar-refractivity contribution is 7.11. The molecule has 1 aromatic heterocycles. The molecule has 0 spiro atoms. The summed E-state index contributed by atoms with van der Waals surface area (Å²) in [6.07, 6.45) is 5.04. The van der Waals surface area contributed by atoms with E-state index in [0.29, 0.717) is 6.54 Å². The van der Waals surface area contributed by atoms with Crippen LogP contribution in [0.5, 0.6) is 0 Å². The smallest absolute Gasteiger partial charge is 0.227 e. The minimum Gasteiger partial charge on any atom is -0.339 e. The zero-order valence-corrected chi connectivity index (χ0v) is 14.4. The average Bonchev–Trinajstić information content (AvgIpc) is 2.86. The van der Waals surface area contributed by atoms with E-state index in [1.165, 1.54) is 4.88 Å². The lowest BCUT2D eigenvalue weighted by atomic mass is 9.98. The number of amides is 1. The number of thiazole rings is 1. The van der Waals surface area contributed by atoms with Gasteiger partial charge in [-0.3, -0.25) is 4.79 Å². The Balaban J connectivity index is 0.00000180. The maximum absolute atomic E-state index is 12.2. The maximum atomic E-state index is 12.2. The van der Waals surface area contributed by atoms with Gasteiger partial charge in [0.25, 0.3) is 0 Å². The van der Waals surface area contributed by atoms with Crippen LogP contribution < -0.4 is 5.32 Å². The molecule has 1 saturated heterocycles. The third kappa shape index (κ3) is 5.20. The van der Waals surface area contributed by atoms with Gasteiger partial charge in [0.1, 0.15) is 5.01 Å². The summed E-state index contributed by atoms with van der Waals surface area (Å²) in [7, 11) is 1.88. The van der Waals surface area contributed by atoms with Crippen LogP contribution in [0.2, 0.25) is 0 Å². The summed E-state index contributed by atoms with van der Waals surface area (Å²) in [4.78, 5) is 19.7. The number of carbonyl (C=O) groups is 1. The summed E-state index contributed by atoms with van der Waals surface area (Å²) in [6.45, 7) is 4.63. The number of aromatic nitrogens is 1. The summed E-state index contributed by atoms with van der Waals surface area (Å²) in [6, 6.07) is 0. The number of hydrogen-bond acceptors (Lipinski definition) is 4. The van der Waals surface area contributed by atoms with Crippen molar-refractivity contribution >= 4 is 42.1 Å². The number of nitrogens with one attached hydrogen (secondary N) is 1. The summed E-state index contributed by atoms with van der Waals surface area (Å²) >= 11 is 1.70. The van der Waals surface area contributed by atoms with E-state index in [0.717, 1.165) is 37.4 Å². The second kappa shape index (κ2) is 9.55. The molecule has 2 heterocycles. The molecule has 1 N–H and O–H groups in total. The van der Waals surface area contributed by atoms with Crippen molar-refractivity contribution in [3.63, 3.8) is 0 Å². The second-order valence-electron chi connectivity index (χ2n) is 4.81. The highest BCUT2D eigenvalue weighted by Crippen LogP contribution is 2.17. The van der Waals surface area contributed by atoms with Gasteiger partial charge in [0.2, 0.25) is 5.91 Å². The Morgan fingerprint density at radius 1 is 1.55 bits per heavy atom. The molecule has 1 aliphatic heterocycles. The highest BCUT2D eigenvalue weighted by atomic mass is 35.5. The third-order valence-corrected chi connectivity index (χ3v) is 4.47. The summed E-state index contributed by atoms with van der Waals surface area (Å²) in [5.74, 6) is 0.393. The monoisotopic (exact) mass is 339 g/mol. The Morgan fingerprint density at radius 3 is 2.85 bits per heavy atom. The molecule has 0 bridgehead atoms. The quantitative estimate of drug-likeness (QED) is 0.916. The van der Waals surface area contributed by atoms with Gasteiger partial charge in [-0.15, -0.1) is 36.2 Å². The number of aryl methyl sites for hydroxylation is 1. The molecule has 1 unspecified atom stereocenters. The molecule has 2 rings (SSSR count). The van der Waals surface area contributed by atoms with Crippen LogP contribution in [0.15, 0.2) is 6.20 Å². The average molecular weight is 340 g/mol. The van der Waals surface area contributed by atoms with Crippen LogP contribution >= 0.6 is 36.2 Å². The van der Waals surface area contributed by atoms with Gasteiger partial charge in [0, 0.05) is 24.7 Å². The van der Waals surface area contributed by atoms with E-state index >= 15 is 0 Å². The molecule has 1 fully saturated rings. The first-order chi connectivity index (χ1) is 8.70. The lowest BCUT2D eigenvalue weighted by molar-refractivity contribution is -0.135. The fourth-order valence-electron chi connectivity index (χ4n) is 2.24. The largest absolute Gasteiger partial charge is 0.339 e. The van der Waals surface area contributed by atoms with Gasteiger partial charge < -0.3 is 10.2 Å². The first-order valence-electron chi connectivity index (χ1n) is 6.60. The van der Waals surface area contributed by atoms with Crippen LogP contribution in [-0.2, 0) is 17.8 Å². The standard InChI is InChI=1S/C13H21N3OS.2ClH/c1-3-11-8-15-12(18-11)9-16(2)13(17)10-5-4-6-14-7-10;;/h8,10,14H,3-7,9H2,1-2H3;2*1H. The van der Waals surface area contributed by atoms with E-state index in [9.17, 15) is 4.79 Å². The SMILES string of the molecule is CCc1cnc(CN(C)C(=O)C2CCCNC2)s1.Cl.Cl. The number of halogens is 2. The maximum Gasteiger partial charge on any atom is 0.227 e. The second-order valence-corrected chi connectivity index (χ2v) is 6.01. The summed E-state index contributed by atoms with van der Waals surface area (Å²) in [5, 5.41) is 4.32. The van der Waals surface area contributed by atoms with E-state index < -0.39 is 0 Å². The number of carbonyl (C=O) groups excluding carboxylic acids is 1. The predicted octanol–water partition coefficient (Wildman–Crippen LogP) is 2.51. The molecule has 0 aromatic carbocycles.